The van der Waals surface area contributed by atoms with Crippen LogP contribution in [0, 0.1) is 0 Å². The van der Waals surface area contributed by atoms with E-state index < -0.39 is 60.1 Å². The highest BCUT2D eigenvalue weighted by Crippen LogP contribution is 2.30. The molecule has 0 spiro atoms. The monoisotopic (exact) mass is 308 g/mol. The van der Waals surface area contributed by atoms with Gasteiger partial charge in [-0.1, -0.05) is 24.4 Å². The van der Waals surface area contributed by atoms with E-state index >= 15 is 0 Å². The summed E-state index contributed by atoms with van der Waals surface area (Å²) in [4.78, 5) is 0.142. The van der Waals surface area contributed by atoms with Crippen molar-refractivity contribution in [2.75, 3.05) is 26.0 Å². The molecule has 0 aromatic rings. The van der Waals surface area contributed by atoms with Crippen LogP contribution in [-0.2, 0) is 0 Å². The predicted molar refractivity (Wildman–Crippen MR) is 82.0 cm³/mol. The minimum absolute atomic E-state index is 0.0709. The molecule has 6 heteroatoms. The number of hydrogen-bond donors (Lipinski definition) is 0. The van der Waals surface area contributed by atoms with E-state index in [0.717, 1.165) is 0 Å². The van der Waals surface area contributed by atoms with Crippen LogP contribution in [0.25, 0.3) is 0 Å². The zero-order valence-electron chi connectivity index (χ0n) is 23.5. The van der Waals surface area contributed by atoms with Crippen LogP contribution in [0.1, 0.15) is 47.4 Å². The summed E-state index contributed by atoms with van der Waals surface area (Å²) in [5.74, 6) is 0. The highest BCUT2D eigenvalue weighted by molar-refractivity contribution is 8.89. The van der Waals surface area contributed by atoms with Crippen molar-refractivity contribution in [3.63, 3.8) is 0 Å². The summed E-state index contributed by atoms with van der Waals surface area (Å²) >= 11 is 9.91. The van der Waals surface area contributed by atoms with Gasteiger partial charge in [0.25, 0.3) is 0 Å². The maximum atomic E-state index is 7.94. The van der Waals surface area contributed by atoms with Crippen LogP contribution in [-0.4, -0.2) is 44.4 Å². The molecule has 0 aromatic heterocycles. The van der Waals surface area contributed by atoms with Crippen LogP contribution < -0.4 is 0 Å². The maximum Gasteiger partial charge on any atom is 0.147 e. The summed E-state index contributed by atoms with van der Waals surface area (Å²) in [5.41, 5.74) is 0. The van der Waals surface area contributed by atoms with Crippen molar-refractivity contribution in [1.29, 1.82) is 0 Å². The van der Waals surface area contributed by atoms with Crippen LogP contribution in [0.3, 0.4) is 0 Å². The van der Waals surface area contributed by atoms with Crippen LogP contribution in [0.15, 0.2) is 0 Å². The Balaban J connectivity index is 2.34. The van der Waals surface area contributed by atoms with Crippen molar-refractivity contribution in [2.45, 2.75) is 25.5 Å². The van der Waals surface area contributed by atoms with E-state index in [-0.39, 0.29) is 31.4 Å². The normalized spacial score (nSPS) is 60.5. The van der Waals surface area contributed by atoms with Gasteiger partial charge in [0, 0.05) is 47.9 Å². The third-order valence-corrected chi connectivity index (χ3v) is 4.77. The number of nitrogens with zero attached hydrogens (tertiary/aromatic N) is 2. The van der Waals surface area contributed by atoms with Gasteiger partial charge in [-0.3, -0.25) is 0 Å². The molecule has 2 rings (SSSR count). The van der Waals surface area contributed by atoms with Crippen molar-refractivity contribution in [2.24, 2.45) is 0 Å². The predicted octanol–water partition coefficient (Wildman–Crippen LogP) is 3.13. The Morgan fingerprint density at radius 3 is 1.44 bits per heavy atom. The maximum absolute atomic E-state index is 7.94. The van der Waals surface area contributed by atoms with E-state index in [0.29, 0.717) is 0 Å². The van der Waals surface area contributed by atoms with Gasteiger partial charge in [0.05, 0.1) is 0 Å². The average Bonchev–Trinajstić information content (AvgIpc) is 2.69. The van der Waals surface area contributed by atoms with Gasteiger partial charge in [-0.25, -0.2) is 0 Å². The molecule has 0 bridgehead atoms. The van der Waals surface area contributed by atoms with E-state index in [1.807, 2.05) is 0 Å². The highest BCUT2D eigenvalue weighted by Gasteiger charge is 2.19. The summed E-state index contributed by atoms with van der Waals surface area (Å²) in [6.07, 6.45) is -13.4. The molecule has 2 aliphatic rings. The Morgan fingerprint density at radius 1 is 0.812 bits per heavy atom. The Hall–Kier alpha value is 0.480. The molecule has 2 saturated heterocycles. The second-order valence-corrected chi connectivity index (χ2v) is 5.71. The second-order valence-electron chi connectivity index (χ2n) is 2.32. The van der Waals surface area contributed by atoms with Gasteiger partial charge in [-0.2, -0.15) is 0 Å². The van der Waals surface area contributed by atoms with Gasteiger partial charge in [0.1, 0.15) is 8.64 Å². The fourth-order valence-corrected chi connectivity index (χ4v) is 2.86. The molecule has 0 aliphatic carbocycles. The number of rotatable bonds is 0. The van der Waals surface area contributed by atoms with Crippen molar-refractivity contribution in [3.8, 4) is 0 Å². The Labute approximate surface area is 138 Å². The van der Waals surface area contributed by atoms with Crippen molar-refractivity contribution in [3.05, 3.63) is 0 Å². The molecule has 0 amide bonds. The summed E-state index contributed by atoms with van der Waals surface area (Å²) in [7, 11) is 0.552. The Bertz CT molecular complexity index is 721. The average molecular weight is 309 g/mol. The van der Waals surface area contributed by atoms with Gasteiger partial charge >= 0.3 is 0 Å². The zero-order chi connectivity index (χ0) is 25.7. The van der Waals surface area contributed by atoms with Crippen LogP contribution >= 0.6 is 46.0 Å². The molecule has 0 aromatic carbocycles. The Kier molecular flexibility index (Phi) is 1.41. The largest absolute Gasteiger partial charge is 0.357 e. The molecule has 90 valence electrons. The molecule has 2 nitrogen and oxygen atoms in total. The lowest BCUT2D eigenvalue weighted by atomic mass is 10.4. The minimum atomic E-state index is -3.34. The van der Waals surface area contributed by atoms with E-state index in [1.165, 1.54) is 0 Å². The van der Waals surface area contributed by atoms with Crippen molar-refractivity contribution in [1.82, 2.24) is 9.80 Å². The lowest BCUT2D eigenvalue weighted by Gasteiger charge is -2.20. The molecule has 0 saturated carbocycles. The number of hydrogen-bond acceptors (Lipinski definition) is 4. The summed E-state index contributed by atoms with van der Waals surface area (Å²) in [5, 5.41) is 0. The third-order valence-electron chi connectivity index (χ3n) is 1.35. The fourth-order valence-electron chi connectivity index (χ4n) is 0.720. The molecular weight excluding hydrogens is 276 g/mol. The van der Waals surface area contributed by atoms with Crippen LogP contribution in [0.2, 0.25) is 0 Å². The van der Waals surface area contributed by atoms with Crippen molar-refractivity contribution < 1.29 is 21.9 Å². The molecule has 2 heterocycles. The van der Waals surface area contributed by atoms with E-state index in [2.05, 4.69) is 0 Å². The quantitative estimate of drug-likeness (QED) is 0.497. The van der Waals surface area contributed by atoms with Crippen LogP contribution in [0.4, 0.5) is 0 Å². The first kappa shape index (κ1) is 3.52. The number of thiocarbonyl (C=S) groups is 2. The molecule has 16 heavy (non-hydrogen) atoms. The van der Waals surface area contributed by atoms with E-state index in [9.17, 15) is 0 Å². The third kappa shape index (κ3) is 3.48. The standard InChI is InChI=1S/C10H16N2S4/c13-9(11-5-1-2-6-11)15-16-10(14)12-7-3-4-8-12/h1-8H2/i1D2,2D2,3D2,4D2,5D2,6D2,7D2,8D2. The molecule has 0 unspecified atom stereocenters. The first-order valence-corrected chi connectivity index (χ1v) is 6.79. The van der Waals surface area contributed by atoms with E-state index in [4.69, 9.17) is 46.4 Å². The Morgan fingerprint density at radius 2 is 1.12 bits per heavy atom. The first-order valence-electron chi connectivity index (χ1n) is 11.8. The zero-order valence-corrected chi connectivity index (χ0v) is 10.8. The van der Waals surface area contributed by atoms with Gasteiger partial charge < -0.3 is 9.80 Å². The topological polar surface area (TPSA) is 6.48 Å². The molecular formula is C10H16N2S4. The summed E-state index contributed by atoms with van der Waals surface area (Å²) in [6.45, 7) is -13.0. The highest BCUT2D eigenvalue weighted by atomic mass is 33.1. The summed E-state index contributed by atoms with van der Waals surface area (Å²) in [6, 6.07) is 0. The number of likely N-dealkylation sites (tertiary alicyclic amines) is 2. The molecule has 0 atom stereocenters. The molecule has 0 N–H and O–H groups in total. The van der Waals surface area contributed by atoms with Gasteiger partial charge in [0.15, 0.2) is 0 Å². The van der Waals surface area contributed by atoms with Crippen LogP contribution in [0.5, 0.6) is 0 Å². The lowest BCUT2D eigenvalue weighted by molar-refractivity contribution is 0.539. The lowest BCUT2D eigenvalue weighted by Crippen LogP contribution is -2.25. The summed E-state index contributed by atoms with van der Waals surface area (Å²) < 4.78 is 124. The van der Waals surface area contributed by atoms with Crippen molar-refractivity contribution >= 4 is 54.7 Å². The molecule has 0 radical (unpaired) electrons. The fraction of sp³-hybridized carbons (Fsp3) is 0.800. The smallest absolute Gasteiger partial charge is 0.147 e. The SMILES string of the molecule is [2H]C1([2H])N(C(=S)SSC(=S)N2C([2H])([2H])C([2H])([2H])C([2H])([2H])C2([2H])[2H])C([2H])([2H])C([2H])([2H])C1([2H])[2H]. The van der Waals surface area contributed by atoms with Gasteiger partial charge in [-0.05, 0) is 47.1 Å². The molecule has 2 fully saturated rings. The van der Waals surface area contributed by atoms with Gasteiger partial charge in [0.2, 0.25) is 0 Å². The van der Waals surface area contributed by atoms with E-state index in [1.54, 1.807) is 0 Å². The molecule has 2 aliphatic heterocycles. The van der Waals surface area contributed by atoms with Gasteiger partial charge in [-0.15, -0.1) is 0 Å². The minimum Gasteiger partial charge on any atom is -0.357 e. The second kappa shape index (κ2) is 6.42. The first-order chi connectivity index (χ1) is 13.8.